The SMILES string of the molecule is Cc1ccc(-c2cc3nc(-c4ccccc4)cc(NCC(C)(C)C[NH+](C)C)n3n2)cc1. The van der Waals surface area contributed by atoms with E-state index >= 15 is 0 Å². The summed E-state index contributed by atoms with van der Waals surface area (Å²) in [4.78, 5) is 6.36. The van der Waals surface area contributed by atoms with Crippen LogP contribution in [0.2, 0.25) is 0 Å². The Labute approximate surface area is 184 Å². The molecule has 2 N–H and O–H groups in total. The van der Waals surface area contributed by atoms with Crippen molar-refractivity contribution in [2.45, 2.75) is 20.8 Å². The number of quaternary nitrogens is 1. The number of hydrogen-bond acceptors (Lipinski definition) is 3. The van der Waals surface area contributed by atoms with Crippen LogP contribution in [0.25, 0.3) is 28.2 Å². The van der Waals surface area contributed by atoms with Crippen LogP contribution in [0.5, 0.6) is 0 Å². The summed E-state index contributed by atoms with van der Waals surface area (Å²) in [6, 6.07) is 23.0. The van der Waals surface area contributed by atoms with Gasteiger partial charge in [0, 0.05) is 35.2 Å². The second-order valence-electron chi connectivity index (χ2n) is 9.46. The van der Waals surface area contributed by atoms with Crippen LogP contribution in [0, 0.1) is 12.3 Å². The van der Waals surface area contributed by atoms with Crippen LogP contribution in [0.1, 0.15) is 19.4 Å². The Hall–Kier alpha value is -3.18. The molecule has 160 valence electrons. The lowest BCUT2D eigenvalue weighted by Crippen LogP contribution is -3.07. The van der Waals surface area contributed by atoms with E-state index in [1.807, 2.05) is 22.7 Å². The van der Waals surface area contributed by atoms with Crippen molar-refractivity contribution in [2.24, 2.45) is 5.41 Å². The average molecular weight is 415 g/mol. The summed E-state index contributed by atoms with van der Waals surface area (Å²) in [7, 11) is 4.39. The van der Waals surface area contributed by atoms with Gasteiger partial charge in [-0.25, -0.2) is 4.98 Å². The van der Waals surface area contributed by atoms with Crippen LogP contribution in [-0.2, 0) is 0 Å². The van der Waals surface area contributed by atoms with Gasteiger partial charge in [0.25, 0.3) is 0 Å². The molecule has 0 bridgehead atoms. The Morgan fingerprint density at radius 2 is 1.58 bits per heavy atom. The van der Waals surface area contributed by atoms with Gasteiger partial charge in [0.2, 0.25) is 0 Å². The maximum atomic E-state index is 4.92. The maximum absolute atomic E-state index is 4.92. The Balaban J connectivity index is 1.76. The number of hydrogen-bond donors (Lipinski definition) is 2. The normalized spacial score (nSPS) is 11.9. The molecule has 2 aromatic carbocycles. The zero-order valence-corrected chi connectivity index (χ0v) is 19.1. The highest BCUT2D eigenvalue weighted by Gasteiger charge is 2.22. The topological polar surface area (TPSA) is 46.7 Å². The van der Waals surface area contributed by atoms with E-state index in [9.17, 15) is 0 Å². The van der Waals surface area contributed by atoms with E-state index in [1.54, 1.807) is 0 Å². The van der Waals surface area contributed by atoms with Crippen LogP contribution in [0.15, 0.2) is 66.7 Å². The van der Waals surface area contributed by atoms with Gasteiger partial charge in [0.15, 0.2) is 5.65 Å². The highest BCUT2D eigenvalue weighted by Crippen LogP contribution is 2.27. The van der Waals surface area contributed by atoms with Gasteiger partial charge in [-0.15, -0.1) is 0 Å². The molecule has 4 aromatic rings. The molecule has 0 aliphatic rings. The number of rotatable bonds is 7. The molecule has 5 nitrogen and oxygen atoms in total. The molecule has 0 aliphatic carbocycles. The Kier molecular flexibility index (Phi) is 5.79. The molecule has 0 unspecified atom stereocenters. The third-order valence-electron chi connectivity index (χ3n) is 5.42. The van der Waals surface area contributed by atoms with Crippen molar-refractivity contribution in [2.75, 3.05) is 32.5 Å². The molecule has 0 amide bonds. The molecule has 0 saturated carbocycles. The number of nitrogens with zero attached hydrogens (tertiary/aromatic N) is 3. The van der Waals surface area contributed by atoms with E-state index in [-0.39, 0.29) is 5.41 Å². The molecule has 2 heterocycles. The lowest BCUT2D eigenvalue weighted by Gasteiger charge is -2.26. The van der Waals surface area contributed by atoms with Gasteiger partial charge in [-0.2, -0.15) is 9.61 Å². The summed E-state index contributed by atoms with van der Waals surface area (Å²) in [6.07, 6.45) is 0. The third kappa shape index (κ3) is 4.94. The van der Waals surface area contributed by atoms with Gasteiger partial charge in [-0.3, -0.25) is 0 Å². The van der Waals surface area contributed by atoms with Crippen LogP contribution < -0.4 is 10.2 Å². The third-order valence-corrected chi connectivity index (χ3v) is 5.42. The molecule has 0 spiro atoms. The zero-order chi connectivity index (χ0) is 22.0. The first-order chi connectivity index (χ1) is 14.8. The van der Waals surface area contributed by atoms with Gasteiger partial charge in [-0.1, -0.05) is 74.0 Å². The Bertz CT molecular complexity index is 1160. The predicted molar refractivity (Wildman–Crippen MR) is 129 cm³/mol. The summed E-state index contributed by atoms with van der Waals surface area (Å²) < 4.78 is 1.93. The maximum Gasteiger partial charge on any atom is 0.158 e. The van der Waals surface area contributed by atoms with E-state index in [2.05, 4.69) is 88.7 Å². The summed E-state index contributed by atoms with van der Waals surface area (Å²) >= 11 is 0. The molecular formula is C26H32N5+. The molecule has 31 heavy (non-hydrogen) atoms. The fraction of sp³-hybridized carbons (Fsp3) is 0.308. The van der Waals surface area contributed by atoms with Gasteiger partial charge < -0.3 is 10.2 Å². The fourth-order valence-electron chi connectivity index (χ4n) is 4.07. The highest BCUT2D eigenvalue weighted by molar-refractivity contribution is 5.70. The lowest BCUT2D eigenvalue weighted by atomic mass is 9.93. The minimum absolute atomic E-state index is 0.147. The second kappa shape index (κ2) is 8.52. The smallest absolute Gasteiger partial charge is 0.158 e. The van der Waals surface area contributed by atoms with E-state index in [4.69, 9.17) is 10.1 Å². The highest BCUT2D eigenvalue weighted by atomic mass is 15.3. The molecule has 0 atom stereocenters. The summed E-state index contributed by atoms with van der Waals surface area (Å²) in [5.74, 6) is 0.962. The summed E-state index contributed by atoms with van der Waals surface area (Å²) in [6.45, 7) is 8.62. The van der Waals surface area contributed by atoms with Gasteiger partial charge in [0.05, 0.1) is 32.0 Å². The fourth-order valence-corrected chi connectivity index (χ4v) is 4.07. The molecule has 0 aliphatic heterocycles. The quantitative estimate of drug-likeness (QED) is 0.481. The van der Waals surface area contributed by atoms with Crippen LogP contribution in [0.4, 0.5) is 5.82 Å². The van der Waals surface area contributed by atoms with Gasteiger partial charge in [-0.05, 0) is 6.92 Å². The van der Waals surface area contributed by atoms with E-state index in [0.717, 1.165) is 47.1 Å². The molecule has 0 radical (unpaired) electrons. The number of aromatic nitrogens is 3. The minimum atomic E-state index is 0.147. The van der Waals surface area contributed by atoms with Gasteiger partial charge >= 0.3 is 0 Å². The number of aryl methyl sites for hydroxylation is 1. The minimum Gasteiger partial charge on any atom is -0.369 e. The zero-order valence-electron chi connectivity index (χ0n) is 19.1. The monoisotopic (exact) mass is 414 g/mol. The first-order valence-electron chi connectivity index (χ1n) is 10.9. The van der Waals surface area contributed by atoms with Crippen LogP contribution in [-0.4, -0.2) is 41.8 Å². The van der Waals surface area contributed by atoms with Crippen molar-refractivity contribution in [3.63, 3.8) is 0 Å². The number of anilines is 1. The Morgan fingerprint density at radius 1 is 0.903 bits per heavy atom. The number of benzene rings is 2. The second-order valence-corrected chi connectivity index (χ2v) is 9.46. The number of nitrogens with one attached hydrogen (secondary N) is 2. The van der Waals surface area contributed by atoms with Crippen LogP contribution >= 0.6 is 0 Å². The summed E-state index contributed by atoms with van der Waals surface area (Å²) in [5.41, 5.74) is 6.30. The van der Waals surface area contributed by atoms with E-state index in [0.29, 0.717) is 0 Å². The van der Waals surface area contributed by atoms with Crippen molar-refractivity contribution in [1.82, 2.24) is 14.6 Å². The van der Waals surface area contributed by atoms with E-state index < -0.39 is 0 Å². The molecular weight excluding hydrogens is 382 g/mol. The van der Waals surface area contributed by atoms with Crippen molar-refractivity contribution in [3.05, 3.63) is 72.3 Å². The van der Waals surface area contributed by atoms with Crippen molar-refractivity contribution in [1.29, 1.82) is 0 Å². The predicted octanol–water partition coefficient (Wildman–Crippen LogP) is 3.95. The molecule has 0 fully saturated rings. The van der Waals surface area contributed by atoms with Crippen molar-refractivity contribution in [3.8, 4) is 22.5 Å². The van der Waals surface area contributed by atoms with Gasteiger partial charge in [0.1, 0.15) is 5.82 Å². The summed E-state index contributed by atoms with van der Waals surface area (Å²) in [5, 5.41) is 8.56. The number of fused-ring (bicyclic) bond motifs is 1. The first-order valence-corrected chi connectivity index (χ1v) is 10.9. The van der Waals surface area contributed by atoms with E-state index in [1.165, 1.54) is 10.5 Å². The first kappa shape index (κ1) is 21.1. The van der Waals surface area contributed by atoms with Crippen molar-refractivity contribution >= 4 is 11.5 Å². The van der Waals surface area contributed by atoms with Crippen LogP contribution in [0.3, 0.4) is 0 Å². The van der Waals surface area contributed by atoms with Crippen molar-refractivity contribution < 1.29 is 4.90 Å². The lowest BCUT2D eigenvalue weighted by molar-refractivity contribution is -0.865. The Morgan fingerprint density at radius 3 is 2.26 bits per heavy atom. The standard InChI is InChI=1S/C26H31N5/c1-19-11-13-21(14-12-19)23-16-25-28-22(20-9-7-6-8-10-20)15-24(31(25)29-23)27-17-26(2,3)18-30(4)5/h6-16,27H,17-18H2,1-5H3/p+1. The average Bonchev–Trinajstić information content (AvgIpc) is 3.16. The molecule has 0 saturated heterocycles. The molecule has 2 aromatic heterocycles. The largest absolute Gasteiger partial charge is 0.369 e. The molecule has 4 rings (SSSR count). The molecule has 5 heteroatoms.